The lowest BCUT2D eigenvalue weighted by atomic mass is 10.0. The SMILES string of the molecule is COc1ccc(C)cc1S(=O)(=O)N1CCc2c(CN3CCN(C)CC3)cccc21. The molecular weight excluding hydrogens is 386 g/mol. The first-order chi connectivity index (χ1) is 13.9. The molecule has 0 spiro atoms. The quantitative estimate of drug-likeness (QED) is 0.751. The monoisotopic (exact) mass is 415 g/mol. The first-order valence-electron chi connectivity index (χ1n) is 10.1. The zero-order valence-corrected chi connectivity index (χ0v) is 18.2. The third-order valence-corrected chi connectivity index (χ3v) is 7.79. The van der Waals surface area contributed by atoms with Crippen molar-refractivity contribution in [2.75, 3.05) is 51.2 Å². The van der Waals surface area contributed by atoms with E-state index in [-0.39, 0.29) is 4.90 Å². The molecule has 0 aromatic heterocycles. The van der Waals surface area contributed by atoms with Gasteiger partial charge < -0.3 is 9.64 Å². The molecule has 0 aliphatic carbocycles. The molecule has 0 saturated carbocycles. The molecule has 2 aromatic carbocycles. The Balaban J connectivity index is 1.65. The number of likely N-dealkylation sites (N-methyl/N-ethyl adjacent to an activating group) is 1. The van der Waals surface area contributed by atoms with Crippen LogP contribution in [0.5, 0.6) is 5.75 Å². The summed E-state index contributed by atoms with van der Waals surface area (Å²) in [6.07, 6.45) is 0.743. The second-order valence-electron chi connectivity index (χ2n) is 7.98. The fourth-order valence-electron chi connectivity index (χ4n) is 4.23. The van der Waals surface area contributed by atoms with Crippen molar-refractivity contribution in [1.29, 1.82) is 0 Å². The van der Waals surface area contributed by atoms with Gasteiger partial charge in [0, 0.05) is 39.3 Å². The summed E-state index contributed by atoms with van der Waals surface area (Å²) in [4.78, 5) is 5.03. The summed E-state index contributed by atoms with van der Waals surface area (Å²) < 4.78 is 33.9. The van der Waals surface area contributed by atoms with E-state index in [1.165, 1.54) is 12.7 Å². The lowest BCUT2D eigenvalue weighted by Crippen LogP contribution is -2.44. The summed E-state index contributed by atoms with van der Waals surface area (Å²) in [6, 6.07) is 11.3. The van der Waals surface area contributed by atoms with Gasteiger partial charge in [-0.2, -0.15) is 0 Å². The maximum absolute atomic E-state index is 13.5. The molecule has 2 aliphatic heterocycles. The highest BCUT2D eigenvalue weighted by atomic mass is 32.2. The lowest BCUT2D eigenvalue weighted by Gasteiger charge is -2.32. The second kappa shape index (κ2) is 7.97. The van der Waals surface area contributed by atoms with Crippen molar-refractivity contribution in [3.63, 3.8) is 0 Å². The number of piperazine rings is 1. The molecule has 2 heterocycles. The van der Waals surface area contributed by atoms with Gasteiger partial charge in [-0.3, -0.25) is 9.21 Å². The Morgan fingerprint density at radius 2 is 1.79 bits per heavy atom. The smallest absolute Gasteiger partial charge is 0.268 e. The van der Waals surface area contributed by atoms with Crippen molar-refractivity contribution in [2.24, 2.45) is 0 Å². The summed E-state index contributed by atoms with van der Waals surface area (Å²) in [6.45, 7) is 7.47. The Hall–Kier alpha value is -2.09. The molecule has 1 fully saturated rings. The summed E-state index contributed by atoms with van der Waals surface area (Å²) in [5.41, 5.74) is 4.09. The number of sulfonamides is 1. The van der Waals surface area contributed by atoms with Crippen LogP contribution in [0.3, 0.4) is 0 Å². The number of anilines is 1. The molecule has 0 amide bonds. The van der Waals surface area contributed by atoms with Crippen LogP contribution in [0, 0.1) is 6.92 Å². The lowest BCUT2D eigenvalue weighted by molar-refractivity contribution is 0.148. The van der Waals surface area contributed by atoms with Gasteiger partial charge in [0.05, 0.1) is 12.8 Å². The van der Waals surface area contributed by atoms with Crippen molar-refractivity contribution in [3.05, 3.63) is 53.1 Å². The van der Waals surface area contributed by atoms with Gasteiger partial charge in [-0.05, 0) is 55.3 Å². The fraction of sp³-hybridized carbons (Fsp3) is 0.455. The van der Waals surface area contributed by atoms with Crippen molar-refractivity contribution in [3.8, 4) is 5.75 Å². The van der Waals surface area contributed by atoms with Gasteiger partial charge in [0.2, 0.25) is 0 Å². The summed E-state index contributed by atoms with van der Waals surface area (Å²) in [5, 5.41) is 0. The van der Waals surface area contributed by atoms with Crippen LogP contribution in [0.25, 0.3) is 0 Å². The molecule has 0 atom stereocenters. The molecule has 0 radical (unpaired) electrons. The maximum atomic E-state index is 13.5. The van der Waals surface area contributed by atoms with Gasteiger partial charge in [-0.1, -0.05) is 18.2 Å². The number of methoxy groups -OCH3 is 1. The predicted molar refractivity (Wildman–Crippen MR) is 115 cm³/mol. The third kappa shape index (κ3) is 3.86. The zero-order valence-electron chi connectivity index (χ0n) is 17.4. The molecule has 1 saturated heterocycles. The Labute approximate surface area is 173 Å². The number of nitrogens with zero attached hydrogens (tertiary/aromatic N) is 3. The standard InChI is InChI=1S/C22H29N3O3S/c1-17-7-8-21(28-3)22(15-17)29(26,27)25-10-9-19-18(5-4-6-20(19)25)16-24-13-11-23(2)12-14-24/h4-8,15H,9-14,16H2,1-3H3. The Bertz CT molecular complexity index is 998. The minimum Gasteiger partial charge on any atom is -0.495 e. The molecule has 6 nitrogen and oxygen atoms in total. The van der Waals surface area contributed by atoms with Crippen molar-refractivity contribution >= 4 is 15.7 Å². The molecule has 0 N–H and O–H groups in total. The Kier molecular flexibility index (Phi) is 5.55. The topological polar surface area (TPSA) is 53.1 Å². The molecule has 7 heteroatoms. The van der Waals surface area contributed by atoms with Crippen LogP contribution in [0.1, 0.15) is 16.7 Å². The van der Waals surface area contributed by atoms with Crippen LogP contribution in [-0.4, -0.2) is 65.1 Å². The summed E-state index contributed by atoms with van der Waals surface area (Å²) >= 11 is 0. The van der Waals surface area contributed by atoms with E-state index in [9.17, 15) is 8.42 Å². The number of fused-ring (bicyclic) bond motifs is 1. The number of rotatable bonds is 5. The van der Waals surface area contributed by atoms with E-state index in [1.807, 2.05) is 25.1 Å². The molecule has 0 bridgehead atoms. The Morgan fingerprint density at radius 3 is 2.52 bits per heavy atom. The Morgan fingerprint density at radius 1 is 1.03 bits per heavy atom. The van der Waals surface area contributed by atoms with Crippen LogP contribution >= 0.6 is 0 Å². The molecule has 2 aromatic rings. The van der Waals surface area contributed by atoms with Crippen LogP contribution in [0.2, 0.25) is 0 Å². The van der Waals surface area contributed by atoms with E-state index < -0.39 is 10.0 Å². The van der Waals surface area contributed by atoms with Crippen LogP contribution in [0.15, 0.2) is 41.3 Å². The van der Waals surface area contributed by atoms with Crippen LogP contribution in [0.4, 0.5) is 5.69 Å². The first-order valence-corrected chi connectivity index (χ1v) is 11.5. The molecular formula is C22H29N3O3S. The van der Waals surface area contributed by atoms with Crippen LogP contribution in [-0.2, 0) is 23.0 Å². The minimum absolute atomic E-state index is 0.234. The van der Waals surface area contributed by atoms with E-state index in [1.54, 1.807) is 16.4 Å². The summed E-state index contributed by atoms with van der Waals surface area (Å²) in [5.74, 6) is 0.387. The minimum atomic E-state index is -3.69. The molecule has 156 valence electrons. The van der Waals surface area contributed by atoms with E-state index in [0.717, 1.165) is 56.0 Å². The van der Waals surface area contributed by atoms with Gasteiger partial charge in [0.1, 0.15) is 10.6 Å². The van der Waals surface area contributed by atoms with Crippen molar-refractivity contribution in [2.45, 2.75) is 24.8 Å². The average Bonchev–Trinajstić information content (AvgIpc) is 3.16. The van der Waals surface area contributed by atoms with Gasteiger partial charge in [0.15, 0.2) is 0 Å². The third-order valence-electron chi connectivity index (χ3n) is 5.96. The molecule has 2 aliphatic rings. The fourth-order valence-corrected chi connectivity index (χ4v) is 5.97. The zero-order chi connectivity index (χ0) is 20.6. The highest BCUT2D eigenvalue weighted by molar-refractivity contribution is 7.93. The predicted octanol–water partition coefficient (Wildman–Crippen LogP) is 2.50. The van der Waals surface area contributed by atoms with E-state index >= 15 is 0 Å². The maximum Gasteiger partial charge on any atom is 0.268 e. The highest BCUT2D eigenvalue weighted by Crippen LogP contribution is 2.37. The normalized spacial score (nSPS) is 18.1. The van der Waals surface area contributed by atoms with Gasteiger partial charge in [-0.15, -0.1) is 0 Å². The van der Waals surface area contributed by atoms with Crippen molar-refractivity contribution in [1.82, 2.24) is 9.80 Å². The molecule has 0 unspecified atom stereocenters. The number of aryl methyl sites for hydroxylation is 1. The van der Waals surface area contributed by atoms with E-state index in [4.69, 9.17) is 4.74 Å². The second-order valence-corrected chi connectivity index (χ2v) is 9.81. The number of hydrogen-bond acceptors (Lipinski definition) is 5. The van der Waals surface area contributed by atoms with Gasteiger partial charge in [0.25, 0.3) is 10.0 Å². The number of benzene rings is 2. The van der Waals surface area contributed by atoms with Crippen LogP contribution < -0.4 is 9.04 Å². The average molecular weight is 416 g/mol. The molecule has 29 heavy (non-hydrogen) atoms. The highest BCUT2D eigenvalue weighted by Gasteiger charge is 2.34. The first kappa shape index (κ1) is 20.2. The number of ether oxygens (including phenoxy) is 1. The largest absolute Gasteiger partial charge is 0.495 e. The van der Waals surface area contributed by atoms with Crippen molar-refractivity contribution < 1.29 is 13.2 Å². The summed E-state index contributed by atoms with van der Waals surface area (Å²) in [7, 11) is -0.0241. The van der Waals surface area contributed by atoms with Gasteiger partial charge in [-0.25, -0.2) is 8.42 Å². The number of hydrogen-bond donors (Lipinski definition) is 0. The molecule has 4 rings (SSSR count). The van der Waals surface area contributed by atoms with E-state index in [0.29, 0.717) is 12.3 Å². The van der Waals surface area contributed by atoms with E-state index in [2.05, 4.69) is 22.9 Å². The van der Waals surface area contributed by atoms with Gasteiger partial charge >= 0.3 is 0 Å².